The molecule has 0 atom stereocenters. The summed E-state index contributed by atoms with van der Waals surface area (Å²) in [7, 11) is -4.10. The molecule has 0 radical (unpaired) electrons. The molecule has 0 aliphatic heterocycles. The minimum absolute atomic E-state index is 0.146. The number of hydrogen-bond donors (Lipinski definition) is 1. The summed E-state index contributed by atoms with van der Waals surface area (Å²) < 4.78 is 52.9. The molecule has 0 amide bonds. The van der Waals surface area contributed by atoms with Gasteiger partial charge in [-0.25, -0.2) is 17.2 Å². The molecule has 0 saturated carbocycles. The third-order valence-corrected chi connectivity index (χ3v) is 4.08. The molecule has 1 N–H and O–H groups in total. The van der Waals surface area contributed by atoms with Crippen LogP contribution in [0.25, 0.3) is 0 Å². The van der Waals surface area contributed by atoms with E-state index in [-0.39, 0.29) is 11.3 Å². The lowest BCUT2D eigenvalue weighted by Crippen LogP contribution is -2.15. The second kappa shape index (κ2) is 5.89. The monoisotopic (exact) mass is 308 g/mol. The first-order chi connectivity index (χ1) is 9.94. The Balaban J connectivity index is 2.32. The Kier molecular flexibility index (Phi) is 4.19. The van der Waals surface area contributed by atoms with Crippen molar-refractivity contribution in [1.29, 1.82) is 5.26 Å². The minimum Gasteiger partial charge on any atom is -0.274 e. The van der Waals surface area contributed by atoms with Crippen molar-refractivity contribution in [1.82, 2.24) is 0 Å². The molecular weight excluding hydrogens is 298 g/mol. The van der Waals surface area contributed by atoms with Gasteiger partial charge in [-0.2, -0.15) is 5.26 Å². The Morgan fingerprint density at radius 2 is 1.62 bits per heavy atom. The van der Waals surface area contributed by atoms with Gasteiger partial charge in [-0.1, -0.05) is 18.2 Å². The number of hydrogen-bond acceptors (Lipinski definition) is 3. The first kappa shape index (κ1) is 14.9. The number of nitrogens with zero attached hydrogens (tertiary/aromatic N) is 1. The summed E-state index contributed by atoms with van der Waals surface area (Å²) in [5.74, 6) is -2.00. The predicted molar refractivity (Wildman–Crippen MR) is 72.9 cm³/mol. The van der Waals surface area contributed by atoms with Crippen LogP contribution in [0.3, 0.4) is 0 Å². The highest BCUT2D eigenvalue weighted by Gasteiger charge is 2.18. The van der Waals surface area contributed by atoms with Gasteiger partial charge in [0.1, 0.15) is 17.3 Å². The van der Waals surface area contributed by atoms with Crippen LogP contribution in [-0.4, -0.2) is 8.42 Å². The van der Waals surface area contributed by atoms with Crippen molar-refractivity contribution in [2.75, 3.05) is 4.72 Å². The highest BCUT2D eigenvalue weighted by Crippen LogP contribution is 2.22. The highest BCUT2D eigenvalue weighted by atomic mass is 32.2. The van der Waals surface area contributed by atoms with Gasteiger partial charge in [0.05, 0.1) is 17.4 Å². The molecule has 0 spiro atoms. The van der Waals surface area contributed by atoms with Gasteiger partial charge in [0.25, 0.3) is 10.0 Å². The number of para-hydroxylation sites is 1. The maximum absolute atomic E-state index is 13.5. The molecule has 7 heteroatoms. The summed E-state index contributed by atoms with van der Waals surface area (Å²) in [5.41, 5.74) is -0.0767. The van der Waals surface area contributed by atoms with Crippen molar-refractivity contribution in [2.45, 2.75) is 11.3 Å². The maximum Gasteiger partial charge on any atom is 0.262 e. The molecule has 2 rings (SSSR count). The van der Waals surface area contributed by atoms with E-state index in [4.69, 9.17) is 5.26 Å². The SMILES string of the molecule is N#CCc1ccc(S(=O)(=O)Nc2c(F)cccc2F)cc1. The molecule has 0 unspecified atom stereocenters. The fraction of sp³-hybridized carbons (Fsp3) is 0.0714. The Morgan fingerprint density at radius 3 is 2.14 bits per heavy atom. The summed E-state index contributed by atoms with van der Waals surface area (Å²) >= 11 is 0. The second-order valence-electron chi connectivity index (χ2n) is 4.18. The van der Waals surface area contributed by atoms with E-state index in [9.17, 15) is 17.2 Å². The molecule has 0 aliphatic rings. The zero-order valence-electron chi connectivity index (χ0n) is 10.7. The van der Waals surface area contributed by atoms with Crippen LogP contribution in [0.4, 0.5) is 14.5 Å². The minimum atomic E-state index is -4.10. The standard InChI is InChI=1S/C14H10F2N2O2S/c15-12-2-1-3-13(16)14(12)18-21(19,20)11-6-4-10(5-7-11)8-9-17/h1-7,18H,8H2. The van der Waals surface area contributed by atoms with Crippen LogP contribution < -0.4 is 4.72 Å². The lowest BCUT2D eigenvalue weighted by atomic mass is 10.2. The zero-order chi connectivity index (χ0) is 15.5. The number of anilines is 1. The maximum atomic E-state index is 13.5. The zero-order valence-corrected chi connectivity index (χ0v) is 11.5. The van der Waals surface area contributed by atoms with Crippen LogP contribution in [-0.2, 0) is 16.4 Å². The second-order valence-corrected chi connectivity index (χ2v) is 5.86. The number of nitrogens with one attached hydrogen (secondary N) is 1. The molecular formula is C14H10F2N2O2S. The van der Waals surface area contributed by atoms with Crippen molar-refractivity contribution in [3.63, 3.8) is 0 Å². The fourth-order valence-electron chi connectivity index (χ4n) is 1.67. The molecule has 21 heavy (non-hydrogen) atoms. The quantitative estimate of drug-likeness (QED) is 0.944. The van der Waals surface area contributed by atoms with Crippen molar-refractivity contribution < 1.29 is 17.2 Å². The summed E-state index contributed by atoms with van der Waals surface area (Å²) in [5, 5.41) is 8.54. The van der Waals surface area contributed by atoms with Gasteiger partial charge in [0.2, 0.25) is 0 Å². The van der Waals surface area contributed by atoms with Crippen LogP contribution in [0.2, 0.25) is 0 Å². The van der Waals surface area contributed by atoms with E-state index in [0.29, 0.717) is 5.56 Å². The van der Waals surface area contributed by atoms with E-state index in [1.54, 1.807) is 0 Å². The van der Waals surface area contributed by atoms with Gasteiger partial charge >= 0.3 is 0 Å². The van der Waals surface area contributed by atoms with Crippen molar-refractivity contribution in [3.05, 3.63) is 59.7 Å². The fourth-order valence-corrected chi connectivity index (χ4v) is 2.74. The van der Waals surface area contributed by atoms with Crippen molar-refractivity contribution in [3.8, 4) is 6.07 Å². The molecule has 2 aromatic rings. The predicted octanol–water partition coefficient (Wildman–Crippen LogP) is 2.83. The molecule has 0 fully saturated rings. The van der Waals surface area contributed by atoms with E-state index in [2.05, 4.69) is 0 Å². The average Bonchev–Trinajstić information content (AvgIpc) is 2.44. The van der Waals surface area contributed by atoms with Crippen molar-refractivity contribution >= 4 is 15.7 Å². The van der Waals surface area contributed by atoms with Crippen LogP contribution in [0.5, 0.6) is 0 Å². The van der Waals surface area contributed by atoms with Gasteiger partial charge in [-0.3, -0.25) is 4.72 Å². The number of halogens is 2. The van der Waals surface area contributed by atoms with Gasteiger partial charge in [0, 0.05) is 0 Å². The number of sulfonamides is 1. The molecule has 0 saturated heterocycles. The average molecular weight is 308 g/mol. The number of nitriles is 1. The summed E-state index contributed by atoms with van der Waals surface area (Å²) in [6, 6.07) is 10.5. The number of benzene rings is 2. The Hall–Kier alpha value is -2.46. The van der Waals surface area contributed by atoms with Gasteiger partial charge in [0.15, 0.2) is 0 Å². The van der Waals surface area contributed by atoms with E-state index in [1.807, 2.05) is 10.8 Å². The Morgan fingerprint density at radius 1 is 1.05 bits per heavy atom. The normalized spacial score (nSPS) is 10.9. The van der Waals surface area contributed by atoms with Crippen molar-refractivity contribution in [2.24, 2.45) is 0 Å². The smallest absolute Gasteiger partial charge is 0.262 e. The van der Waals surface area contributed by atoms with Crippen LogP contribution in [0.1, 0.15) is 5.56 Å². The van der Waals surface area contributed by atoms with Gasteiger partial charge < -0.3 is 0 Å². The van der Waals surface area contributed by atoms with Crippen LogP contribution >= 0.6 is 0 Å². The number of rotatable bonds is 4. The third kappa shape index (κ3) is 3.35. The van der Waals surface area contributed by atoms with E-state index in [1.165, 1.54) is 24.3 Å². The first-order valence-electron chi connectivity index (χ1n) is 5.87. The molecule has 108 valence electrons. The lowest BCUT2D eigenvalue weighted by molar-refractivity contribution is 0.583. The molecule has 0 bridgehead atoms. The third-order valence-electron chi connectivity index (χ3n) is 2.72. The summed E-state index contributed by atoms with van der Waals surface area (Å²) in [6.45, 7) is 0. The largest absolute Gasteiger partial charge is 0.274 e. The summed E-state index contributed by atoms with van der Waals surface area (Å²) in [4.78, 5) is -0.146. The first-order valence-corrected chi connectivity index (χ1v) is 7.35. The van der Waals surface area contributed by atoms with Gasteiger partial charge in [-0.15, -0.1) is 0 Å². The van der Waals surface area contributed by atoms with E-state index < -0.39 is 27.3 Å². The molecule has 0 aromatic heterocycles. The summed E-state index contributed by atoms with van der Waals surface area (Å²) in [6.07, 6.45) is 0.149. The van der Waals surface area contributed by atoms with E-state index in [0.717, 1.165) is 18.2 Å². The van der Waals surface area contributed by atoms with Crippen LogP contribution in [0.15, 0.2) is 47.4 Å². The molecule has 0 heterocycles. The Bertz CT molecular complexity index is 776. The topological polar surface area (TPSA) is 70.0 Å². The molecule has 2 aromatic carbocycles. The van der Waals surface area contributed by atoms with Gasteiger partial charge in [-0.05, 0) is 29.8 Å². The molecule has 0 aliphatic carbocycles. The van der Waals surface area contributed by atoms with Crippen LogP contribution in [0, 0.1) is 23.0 Å². The Labute approximate surface area is 120 Å². The lowest BCUT2D eigenvalue weighted by Gasteiger charge is -2.10. The highest BCUT2D eigenvalue weighted by molar-refractivity contribution is 7.92. The molecule has 4 nitrogen and oxygen atoms in total. The van der Waals surface area contributed by atoms with E-state index >= 15 is 0 Å².